The maximum absolute atomic E-state index is 13.7. The fraction of sp³-hybridized carbons (Fsp3) is 0.296. The summed E-state index contributed by atoms with van der Waals surface area (Å²) in [5, 5.41) is 0. The lowest BCUT2D eigenvalue weighted by Crippen LogP contribution is -2.36. The van der Waals surface area contributed by atoms with Crippen LogP contribution in [0.2, 0.25) is 0 Å². The molecule has 3 aromatic carbocycles. The summed E-state index contributed by atoms with van der Waals surface area (Å²) in [4.78, 5) is 15.5. The van der Waals surface area contributed by atoms with E-state index in [0.717, 1.165) is 11.1 Å². The third kappa shape index (κ3) is 5.18. The number of carbonyl (C=O) groups excluding carboxylic acids is 1. The van der Waals surface area contributed by atoms with E-state index in [0.29, 0.717) is 18.0 Å². The highest BCUT2D eigenvalue weighted by Gasteiger charge is 2.45. The molecular weight excluding hydrogens is 464 g/mol. The monoisotopic (exact) mass is 494 g/mol. The number of hydrogen-bond donors (Lipinski definition) is 0. The molecule has 1 fully saturated rings. The number of rotatable bonds is 8. The molecule has 35 heavy (non-hydrogen) atoms. The lowest BCUT2D eigenvalue weighted by atomic mass is 9.87. The van der Waals surface area contributed by atoms with Crippen molar-refractivity contribution in [2.45, 2.75) is 17.4 Å². The van der Waals surface area contributed by atoms with Crippen LogP contribution in [0.5, 0.6) is 11.5 Å². The van der Waals surface area contributed by atoms with Gasteiger partial charge in [-0.2, -0.15) is 4.31 Å². The fourth-order valence-corrected chi connectivity index (χ4v) is 6.11. The molecule has 0 radical (unpaired) electrons. The normalized spacial score (nSPS) is 18.3. The minimum absolute atomic E-state index is 0.0923. The van der Waals surface area contributed by atoms with Crippen molar-refractivity contribution >= 4 is 15.9 Å². The third-order valence-corrected chi connectivity index (χ3v) is 8.32. The van der Waals surface area contributed by atoms with Gasteiger partial charge in [0.05, 0.1) is 25.0 Å². The standard InChI is InChI=1S/C27H30N2O5S/c1-28(17-20-9-5-4-6-10-20)27(30)25-19-29(18-24(25)23-11-7-8-12-26(23)34-3)35(31,32)22-15-13-21(33-2)14-16-22/h4-16,24-25H,17-19H2,1-3H3/t24-,25+/m0/s1. The van der Waals surface area contributed by atoms with Crippen LogP contribution in [0.3, 0.4) is 0 Å². The zero-order valence-electron chi connectivity index (χ0n) is 20.1. The van der Waals surface area contributed by atoms with Crippen molar-refractivity contribution in [3.63, 3.8) is 0 Å². The highest BCUT2D eigenvalue weighted by Crippen LogP contribution is 2.40. The van der Waals surface area contributed by atoms with Crippen LogP contribution in [0.25, 0.3) is 0 Å². The Bertz CT molecular complexity index is 1260. The average molecular weight is 495 g/mol. The molecular formula is C27H30N2O5S. The molecule has 1 heterocycles. The maximum Gasteiger partial charge on any atom is 0.243 e. The SMILES string of the molecule is COc1ccc(S(=O)(=O)N2C[C@@H](C(=O)N(C)Cc3ccccc3)[C@H](c3ccccc3OC)C2)cc1. The van der Waals surface area contributed by atoms with Gasteiger partial charge in [-0.3, -0.25) is 4.79 Å². The number of ether oxygens (including phenoxy) is 2. The van der Waals surface area contributed by atoms with Crippen molar-refractivity contribution in [2.24, 2.45) is 5.92 Å². The van der Waals surface area contributed by atoms with Crippen LogP contribution in [0, 0.1) is 5.92 Å². The Morgan fingerprint density at radius 3 is 2.23 bits per heavy atom. The number of sulfonamides is 1. The maximum atomic E-state index is 13.7. The highest BCUT2D eigenvalue weighted by atomic mass is 32.2. The smallest absolute Gasteiger partial charge is 0.243 e. The van der Waals surface area contributed by atoms with Crippen molar-refractivity contribution in [3.05, 3.63) is 90.0 Å². The number of benzene rings is 3. The number of amides is 1. The van der Waals surface area contributed by atoms with Gasteiger partial charge in [0, 0.05) is 32.6 Å². The second-order valence-electron chi connectivity index (χ2n) is 8.63. The molecule has 0 N–H and O–H groups in total. The van der Waals surface area contributed by atoms with Crippen molar-refractivity contribution in [1.82, 2.24) is 9.21 Å². The van der Waals surface area contributed by atoms with Crippen LogP contribution < -0.4 is 9.47 Å². The van der Waals surface area contributed by atoms with Gasteiger partial charge in [-0.05, 0) is 41.5 Å². The minimum Gasteiger partial charge on any atom is -0.497 e. The summed E-state index contributed by atoms with van der Waals surface area (Å²) >= 11 is 0. The van der Waals surface area contributed by atoms with Gasteiger partial charge >= 0.3 is 0 Å². The third-order valence-electron chi connectivity index (χ3n) is 6.48. The molecule has 1 aliphatic rings. The summed E-state index contributed by atoms with van der Waals surface area (Å²) in [5.41, 5.74) is 1.84. The quantitative estimate of drug-likeness (QED) is 0.477. The predicted octanol–water partition coefficient (Wildman–Crippen LogP) is 3.77. The molecule has 0 spiro atoms. The number of nitrogens with zero attached hydrogens (tertiary/aromatic N) is 2. The van der Waals surface area contributed by atoms with Crippen molar-refractivity contribution in [2.75, 3.05) is 34.4 Å². The molecule has 2 atom stereocenters. The largest absolute Gasteiger partial charge is 0.497 e. The molecule has 0 aliphatic carbocycles. The van der Waals surface area contributed by atoms with Gasteiger partial charge in [-0.1, -0.05) is 48.5 Å². The minimum atomic E-state index is -3.81. The molecule has 3 aromatic rings. The molecule has 0 aromatic heterocycles. The summed E-state index contributed by atoms with van der Waals surface area (Å²) in [6, 6.07) is 23.5. The summed E-state index contributed by atoms with van der Waals surface area (Å²) < 4.78 is 39.2. The lowest BCUT2D eigenvalue weighted by Gasteiger charge is -2.25. The van der Waals surface area contributed by atoms with Gasteiger partial charge in [-0.25, -0.2) is 8.42 Å². The number of hydrogen-bond acceptors (Lipinski definition) is 5. The second-order valence-corrected chi connectivity index (χ2v) is 10.6. The van der Waals surface area contributed by atoms with E-state index < -0.39 is 15.9 Å². The number of methoxy groups -OCH3 is 2. The van der Waals surface area contributed by atoms with Crippen molar-refractivity contribution in [3.8, 4) is 11.5 Å². The molecule has 1 amide bonds. The molecule has 0 bridgehead atoms. The molecule has 1 saturated heterocycles. The molecule has 1 aliphatic heterocycles. The van der Waals surface area contributed by atoms with Crippen LogP contribution >= 0.6 is 0 Å². The first kappa shape index (κ1) is 24.8. The predicted molar refractivity (Wildman–Crippen MR) is 134 cm³/mol. The van der Waals surface area contributed by atoms with Gasteiger partial charge in [0.15, 0.2) is 0 Å². The van der Waals surface area contributed by atoms with E-state index in [-0.39, 0.29) is 29.8 Å². The van der Waals surface area contributed by atoms with Crippen LogP contribution in [0.15, 0.2) is 83.8 Å². The van der Waals surface area contributed by atoms with Gasteiger partial charge < -0.3 is 14.4 Å². The average Bonchev–Trinajstić information content (AvgIpc) is 3.35. The molecule has 0 saturated carbocycles. The molecule has 8 heteroatoms. The first-order chi connectivity index (χ1) is 16.8. The van der Waals surface area contributed by atoms with E-state index in [2.05, 4.69) is 0 Å². The number of carbonyl (C=O) groups is 1. The molecule has 4 rings (SSSR count). The Kier molecular flexibility index (Phi) is 7.42. The van der Waals surface area contributed by atoms with Crippen LogP contribution in [-0.2, 0) is 21.4 Å². The van der Waals surface area contributed by atoms with Gasteiger partial charge in [-0.15, -0.1) is 0 Å². The zero-order chi connectivity index (χ0) is 25.0. The lowest BCUT2D eigenvalue weighted by molar-refractivity contribution is -0.134. The van der Waals surface area contributed by atoms with Crippen molar-refractivity contribution in [1.29, 1.82) is 0 Å². The van der Waals surface area contributed by atoms with E-state index in [1.165, 1.54) is 23.5 Å². The van der Waals surface area contributed by atoms with E-state index in [4.69, 9.17) is 9.47 Å². The highest BCUT2D eigenvalue weighted by molar-refractivity contribution is 7.89. The van der Waals surface area contributed by atoms with E-state index in [1.54, 1.807) is 31.2 Å². The van der Waals surface area contributed by atoms with E-state index >= 15 is 0 Å². The molecule has 0 unspecified atom stereocenters. The first-order valence-electron chi connectivity index (χ1n) is 11.4. The van der Waals surface area contributed by atoms with Gasteiger partial charge in [0.25, 0.3) is 0 Å². The van der Waals surface area contributed by atoms with Gasteiger partial charge in [0.1, 0.15) is 11.5 Å². The Hall–Kier alpha value is -3.36. The van der Waals surface area contributed by atoms with Crippen LogP contribution in [-0.4, -0.2) is 57.9 Å². The Labute approximate surface area is 206 Å². The van der Waals surface area contributed by atoms with Crippen molar-refractivity contribution < 1.29 is 22.7 Å². The second kappa shape index (κ2) is 10.5. The van der Waals surface area contributed by atoms with E-state index in [9.17, 15) is 13.2 Å². The van der Waals surface area contributed by atoms with Crippen LogP contribution in [0.4, 0.5) is 0 Å². The first-order valence-corrected chi connectivity index (χ1v) is 12.8. The van der Waals surface area contributed by atoms with Crippen LogP contribution in [0.1, 0.15) is 17.0 Å². The summed E-state index contributed by atoms with van der Waals surface area (Å²) in [6.45, 7) is 0.722. The number of para-hydroxylation sites is 1. The summed E-state index contributed by atoms with van der Waals surface area (Å²) in [7, 11) is 1.06. The summed E-state index contributed by atoms with van der Waals surface area (Å²) in [5.74, 6) is 0.229. The fourth-order valence-electron chi connectivity index (χ4n) is 4.62. The topological polar surface area (TPSA) is 76.2 Å². The Morgan fingerprint density at radius 1 is 0.914 bits per heavy atom. The Morgan fingerprint density at radius 2 is 1.57 bits per heavy atom. The summed E-state index contributed by atoms with van der Waals surface area (Å²) in [6.07, 6.45) is 0. The zero-order valence-corrected chi connectivity index (χ0v) is 20.9. The van der Waals surface area contributed by atoms with E-state index in [1.807, 2.05) is 54.6 Å². The molecule has 184 valence electrons. The Balaban J connectivity index is 1.66. The van der Waals surface area contributed by atoms with Gasteiger partial charge in [0.2, 0.25) is 15.9 Å². The molecule has 7 nitrogen and oxygen atoms in total.